The maximum absolute atomic E-state index is 6.08. The molecule has 0 aliphatic carbocycles. The molecule has 5 nitrogen and oxygen atoms in total. The lowest BCUT2D eigenvalue weighted by atomic mass is 10.1. The van der Waals surface area contributed by atoms with Crippen molar-refractivity contribution >= 4 is 23.5 Å². The summed E-state index contributed by atoms with van der Waals surface area (Å²) < 4.78 is 6.08. The molecule has 0 fully saturated rings. The van der Waals surface area contributed by atoms with Crippen molar-refractivity contribution < 1.29 is 4.74 Å². The molecule has 6 heteroatoms. The summed E-state index contributed by atoms with van der Waals surface area (Å²) in [6, 6.07) is 18.0. The molecule has 0 radical (unpaired) electrons. The van der Waals surface area contributed by atoms with Crippen LogP contribution in [0, 0.1) is 0 Å². The van der Waals surface area contributed by atoms with E-state index in [9.17, 15) is 0 Å². The lowest BCUT2D eigenvalue weighted by Gasteiger charge is -2.15. The molecule has 3 aromatic rings. The number of fused-ring (bicyclic) bond motifs is 3. The summed E-state index contributed by atoms with van der Waals surface area (Å²) in [7, 11) is 0. The minimum Gasteiger partial charge on any atom is -0.448 e. The van der Waals surface area contributed by atoms with Gasteiger partial charge in [-0.25, -0.2) is 0 Å². The number of nitrogens with zero attached hydrogens (tertiary/aromatic N) is 3. The van der Waals surface area contributed by atoms with Crippen LogP contribution in [0.5, 0.6) is 5.88 Å². The Kier molecular flexibility index (Phi) is 4.35. The number of thioether (sulfide) groups is 1. The summed E-state index contributed by atoms with van der Waals surface area (Å²) >= 11 is 1.44. The Morgan fingerprint density at radius 2 is 1.84 bits per heavy atom. The Labute approximate surface area is 150 Å². The van der Waals surface area contributed by atoms with E-state index < -0.39 is 0 Å². The number of hydrogen-bond acceptors (Lipinski definition) is 6. The maximum atomic E-state index is 6.08. The molecule has 1 aliphatic heterocycles. The summed E-state index contributed by atoms with van der Waals surface area (Å²) in [5.41, 5.74) is 3.63. The first-order chi connectivity index (χ1) is 12.3. The van der Waals surface area contributed by atoms with Crippen LogP contribution < -0.4 is 10.1 Å². The second-order valence-corrected chi connectivity index (χ2v) is 6.22. The molecule has 1 N–H and O–H groups in total. The van der Waals surface area contributed by atoms with Crippen LogP contribution in [0.3, 0.4) is 0 Å². The van der Waals surface area contributed by atoms with Crippen LogP contribution in [0.4, 0.5) is 5.69 Å². The molecule has 25 heavy (non-hydrogen) atoms. The Morgan fingerprint density at radius 1 is 1.04 bits per heavy atom. The van der Waals surface area contributed by atoms with E-state index in [0.29, 0.717) is 16.7 Å². The SMILES string of the molecule is CSc1nnc2c(n1)OC(/C=C/c1ccccc1)Nc1ccccc1-2. The highest BCUT2D eigenvalue weighted by atomic mass is 32.2. The fraction of sp³-hybridized carbons (Fsp3) is 0.105. The fourth-order valence-electron chi connectivity index (χ4n) is 2.60. The van der Waals surface area contributed by atoms with E-state index in [1.807, 2.05) is 73.0 Å². The minimum absolute atomic E-state index is 0.353. The monoisotopic (exact) mass is 348 g/mol. The summed E-state index contributed by atoms with van der Waals surface area (Å²) in [6.07, 6.45) is 5.56. The van der Waals surface area contributed by atoms with Gasteiger partial charge in [-0.3, -0.25) is 0 Å². The zero-order valence-electron chi connectivity index (χ0n) is 13.6. The van der Waals surface area contributed by atoms with Crippen LogP contribution in [0.1, 0.15) is 5.56 Å². The van der Waals surface area contributed by atoms with Crippen LogP contribution >= 0.6 is 11.8 Å². The first-order valence-electron chi connectivity index (χ1n) is 7.88. The van der Waals surface area contributed by atoms with E-state index in [4.69, 9.17) is 4.74 Å². The molecule has 1 aliphatic rings. The van der Waals surface area contributed by atoms with Crippen LogP contribution in [0.25, 0.3) is 17.3 Å². The Balaban J connectivity index is 1.73. The van der Waals surface area contributed by atoms with Crippen molar-refractivity contribution in [2.45, 2.75) is 11.4 Å². The molecule has 124 valence electrons. The number of ether oxygens (including phenoxy) is 1. The number of nitrogens with one attached hydrogen (secondary N) is 1. The Morgan fingerprint density at radius 3 is 2.68 bits per heavy atom. The standard InChI is InChI=1S/C19H16N4OS/c1-25-19-21-18-17(22-23-19)14-9-5-6-10-15(14)20-16(24-18)12-11-13-7-3-2-4-8-13/h2-12,16,20H,1H3/b12-11+. The first-order valence-corrected chi connectivity index (χ1v) is 9.10. The highest BCUT2D eigenvalue weighted by Gasteiger charge is 2.23. The van der Waals surface area contributed by atoms with Crippen LogP contribution in [0.2, 0.25) is 0 Å². The molecule has 0 spiro atoms. The molecule has 2 aromatic carbocycles. The maximum Gasteiger partial charge on any atom is 0.247 e. The van der Waals surface area contributed by atoms with E-state index in [2.05, 4.69) is 20.5 Å². The third kappa shape index (κ3) is 3.34. The fourth-order valence-corrected chi connectivity index (χ4v) is 2.90. The predicted molar refractivity (Wildman–Crippen MR) is 101 cm³/mol. The lowest BCUT2D eigenvalue weighted by molar-refractivity contribution is 0.266. The molecule has 2 heterocycles. The molecule has 0 bridgehead atoms. The van der Waals surface area contributed by atoms with Gasteiger partial charge in [0.1, 0.15) is 0 Å². The van der Waals surface area contributed by atoms with E-state index >= 15 is 0 Å². The van der Waals surface area contributed by atoms with Gasteiger partial charge in [-0.05, 0) is 24.0 Å². The zero-order valence-corrected chi connectivity index (χ0v) is 14.4. The van der Waals surface area contributed by atoms with E-state index in [-0.39, 0.29) is 6.23 Å². The number of aromatic nitrogens is 3. The number of rotatable bonds is 3. The van der Waals surface area contributed by atoms with Crippen molar-refractivity contribution in [1.82, 2.24) is 15.2 Å². The third-order valence-electron chi connectivity index (χ3n) is 3.80. The second-order valence-electron chi connectivity index (χ2n) is 5.45. The summed E-state index contributed by atoms with van der Waals surface area (Å²) in [6.45, 7) is 0. The van der Waals surface area contributed by atoms with Gasteiger partial charge in [0.05, 0.1) is 0 Å². The van der Waals surface area contributed by atoms with Crippen molar-refractivity contribution in [2.24, 2.45) is 0 Å². The highest BCUT2D eigenvalue weighted by Crippen LogP contribution is 2.36. The van der Waals surface area contributed by atoms with Gasteiger partial charge in [-0.2, -0.15) is 4.98 Å². The molecule has 1 atom stereocenters. The van der Waals surface area contributed by atoms with Gasteiger partial charge in [0, 0.05) is 11.3 Å². The molecule has 0 saturated carbocycles. The summed E-state index contributed by atoms with van der Waals surface area (Å²) in [5.74, 6) is 0.486. The second kappa shape index (κ2) is 6.94. The Bertz CT molecular complexity index is 914. The molecular weight excluding hydrogens is 332 g/mol. The average molecular weight is 348 g/mol. The number of hydrogen-bond donors (Lipinski definition) is 1. The molecule has 0 amide bonds. The van der Waals surface area contributed by atoms with Crippen molar-refractivity contribution in [2.75, 3.05) is 11.6 Å². The van der Waals surface area contributed by atoms with Gasteiger partial charge in [0.2, 0.25) is 11.0 Å². The zero-order chi connectivity index (χ0) is 17.1. The minimum atomic E-state index is -0.353. The molecule has 1 aromatic heterocycles. The van der Waals surface area contributed by atoms with Gasteiger partial charge in [0.15, 0.2) is 11.9 Å². The smallest absolute Gasteiger partial charge is 0.247 e. The van der Waals surface area contributed by atoms with E-state index in [0.717, 1.165) is 16.8 Å². The normalized spacial score (nSPS) is 15.6. The average Bonchev–Trinajstić information content (AvgIpc) is 2.83. The molecule has 0 saturated heterocycles. The van der Waals surface area contributed by atoms with Gasteiger partial charge in [0.25, 0.3) is 0 Å². The third-order valence-corrected chi connectivity index (χ3v) is 4.34. The number of para-hydroxylation sites is 1. The van der Waals surface area contributed by atoms with Crippen LogP contribution in [0.15, 0.2) is 65.8 Å². The largest absolute Gasteiger partial charge is 0.448 e. The summed E-state index contributed by atoms with van der Waals surface area (Å²) in [4.78, 5) is 4.49. The molecule has 4 rings (SSSR count). The summed E-state index contributed by atoms with van der Waals surface area (Å²) in [5, 5.41) is 12.4. The van der Waals surface area contributed by atoms with Crippen molar-refractivity contribution in [3.05, 3.63) is 66.2 Å². The highest BCUT2D eigenvalue weighted by molar-refractivity contribution is 7.98. The quantitative estimate of drug-likeness (QED) is 0.719. The van der Waals surface area contributed by atoms with E-state index in [1.54, 1.807) is 0 Å². The number of benzene rings is 2. The molecule has 1 unspecified atom stereocenters. The van der Waals surface area contributed by atoms with Gasteiger partial charge >= 0.3 is 0 Å². The number of anilines is 1. The van der Waals surface area contributed by atoms with Crippen LogP contribution in [-0.4, -0.2) is 27.7 Å². The van der Waals surface area contributed by atoms with E-state index in [1.165, 1.54) is 11.8 Å². The van der Waals surface area contributed by atoms with Gasteiger partial charge in [-0.15, -0.1) is 10.2 Å². The van der Waals surface area contributed by atoms with Crippen molar-refractivity contribution in [3.63, 3.8) is 0 Å². The Hall–Kier alpha value is -2.86. The first kappa shape index (κ1) is 15.7. The topological polar surface area (TPSA) is 59.9 Å². The lowest BCUT2D eigenvalue weighted by Crippen LogP contribution is -2.23. The van der Waals surface area contributed by atoms with Gasteiger partial charge < -0.3 is 10.1 Å². The van der Waals surface area contributed by atoms with Gasteiger partial charge in [-0.1, -0.05) is 66.4 Å². The molecular formula is C19H16N4OS. The predicted octanol–water partition coefficient (Wildman–Crippen LogP) is 4.10. The van der Waals surface area contributed by atoms with Crippen molar-refractivity contribution in [1.29, 1.82) is 0 Å². The van der Waals surface area contributed by atoms with Crippen LogP contribution in [-0.2, 0) is 0 Å². The van der Waals surface area contributed by atoms with Crippen molar-refractivity contribution in [3.8, 4) is 17.1 Å².